The fourth-order valence-electron chi connectivity index (χ4n) is 2.60. The van der Waals surface area contributed by atoms with Crippen LogP contribution in [0.25, 0.3) is 0 Å². The molecular formula is C16H23NO4. The Hall–Kier alpha value is -1.75. The molecule has 2 N–H and O–H groups in total. The highest BCUT2D eigenvalue weighted by atomic mass is 16.5. The van der Waals surface area contributed by atoms with Crippen LogP contribution in [0.15, 0.2) is 18.2 Å². The molecule has 5 heteroatoms. The van der Waals surface area contributed by atoms with Gasteiger partial charge in [-0.25, -0.2) is 0 Å². The number of aliphatic hydroxyl groups is 1. The maximum atomic E-state index is 12.2. The fourth-order valence-corrected chi connectivity index (χ4v) is 2.60. The standard InChI is InChI=1S/C16H23NO4/c1-11(16(19)17-13-7-3-4-8-13)21-15-12(10-18)6-5-9-14(15)20-2/h5-6,9,11,13,18H,3-4,7-8,10H2,1-2H3,(H,17,19). The highest BCUT2D eigenvalue weighted by Crippen LogP contribution is 2.32. The maximum Gasteiger partial charge on any atom is 0.260 e. The van der Waals surface area contributed by atoms with Gasteiger partial charge in [0.05, 0.1) is 13.7 Å². The molecule has 1 unspecified atom stereocenters. The number of hydrogen-bond donors (Lipinski definition) is 2. The second-order valence-corrected chi connectivity index (χ2v) is 5.36. The largest absolute Gasteiger partial charge is 0.493 e. The normalized spacial score (nSPS) is 16.5. The zero-order chi connectivity index (χ0) is 15.2. The lowest BCUT2D eigenvalue weighted by molar-refractivity contribution is -0.128. The Bertz CT molecular complexity index is 461. The minimum Gasteiger partial charge on any atom is -0.493 e. The summed E-state index contributed by atoms with van der Waals surface area (Å²) in [5, 5.41) is 12.4. The van der Waals surface area contributed by atoms with Crippen LogP contribution in [-0.4, -0.2) is 30.3 Å². The summed E-state index contributed by atoms with van der Waals surface area (Å²) >= 11 is 0. The first kappa shape index (κ1) is 15.6. The Morgan fingerprint density at radius 2 is 2.14 bits per heavy atom. The number of hydrogen-bond acceptors (Lipinski definition) is 4. The van der Waals surface area contributed by atoms with Crippen molar-refractivity contribution in [2.75, 3.05) is 7.11 Å². The molecule has 1 fully saturated rings. The van der Waals surface area contributed by atoms with E-state index in [1.54, 1.807) is 25.1 Å². The Kier molecular flexibility index (Phi) is 5.44. The number of carbonyl (C=O) groups excluding carboxylic acids is 1. The van der Waals surface area contributed by atoms with Crippen molar-refractivity contribution in [1.29, 1.82) is 0 Å². The number of ether oxygens (including phenoxy) is 2. The summed E-state index contributed by atoms with van der Waals surface area (Å²) in [4.78, 5) is 12.2. The Morgan fingerprint density at radius 1 is 1.43 bits per heavy atom. The highest BCUT2D eigenvalue weighted by molar-refractivity contribution is 5.81. The summed E-state index contributed by atoms with van der Waals surface area (Å²) < 4.78 is 11.0. The quantitative estimate of drug-likeness (QED) is 0.842. The molecule has 1 aliphatic carbocycles. The van der Waals surface area contributed by atoms with E-state index in [1.807, 2.05) is 0 Å². The van der Waals surface area contributed by atoms with Gasteiger partial charge in [0.1, 0.15) is 0 Å². The summed E-state index contributed by atoms with van der Waals surface area (Å²) in [6.45, 7) is 1.54. The van der Waals surface area contributed by atoms with Crippen LogP contribution in [0.2, 0.25) is 0 Å². The topological polar surface area (TPSA) is 67.8 Å². The first-order valence-corrected chi connectivity index (χ1v) is 7.39. The number of benzene rings is 1. The van der Waals surface area contributed by atoms with Gasteiger partial charge in [-0.05, 0) is 25.8 Å². The average molecular weight is 293 g/mol. The SMILES string of the molecule is COc1cccc(CO)c1OC(C)C(=O)NC1CCCC1. The van der Waals surface area contributed by atoms with Crippen molar-refractivity contribution in [3.63, 3.8) is 0 Å². The average Bonchev–Trinajstić information content (AvgIpc) is 3.00. The molecule has 1 atom stereocenters. The van der Waals surface area contributed by atoms with E-state index >= 15 is 0 Å². The van der Waals surface area contributed by atoms with Gasteiger partial charge in [-0.1, -0.05) is 25.0 Å². The molecule has 0 heterocycles. The third-order valence-corrected chi connectivity index (χ3v) is 3.82. The molecule has 1 aliphatic rings. The summed E-state index contributed by atoms with van der Waals surface area (Å²) in [6.07, 6.45) is 3.78. The van der Waals surface area contributed by atoms with Gasteiger partial charge >= 0.3 is 0 Å². The van der Waals surface area contributed by atoms with Gasteiger partial charge in [-0.15, -0.1) is 0 Å². The van der Waals surface area contributed by atoms with Crippen molar-refractivity contribution >= 4 is 5.91 Å². The number of methoxy groups -OCH3 is 1. The number of amides is 1. The summed E-state index contributed by atoms with van der Waals surface area (Å²) in [7, 11) is 1.53. The lowest BCUT2D eigenvalue weighted by Gasteiger charge is -2.20. The minimum absolute atomic E-state index is 0.128. The zero-order valence-electron chi connectivity index (χ0n) is 12.6. The van der Waals surface area contributed by atoms with Crippen LogP contribution in [0.4, 0.5) is 0 Å². The predicted octanol–water partition coefficient (Wildman–Crippen LogP) is 2.01. The van der Waals surface area contributed by atoms with E-state index in [1.165, 1.54) is 20.0 Å². The third kappa shape index (κ3) is 3.88. The number of aliphatic hydroxyl groups excluding tert-OH is 1. The smallest absolute Gasteiger partial charge is 0.260 e. The van der Waals surface area contributed by atoms with Gasteiger partial charge in [0.25, 0.3) is 5.91 Å². The van der Waals surface area contributed by atoms with Crippen LogP contribution in [0.1, 0.15) is 38.2 Å². The third-order valence-electron chi connectivity index (χ3n) is 3.82. The van der Waals surface area contributed by atoms with Gasteiger partial charge in [0, 0.05) is 11.6 Å². The summed E-state index contributed by atoms with van der Waals surface area (Å²) in [5.74, 6) is 0.815. The second kappa shape index (κ2) is 7.31. The molecule has 2 rings (SSSR count). The highest BCUT2D eigenvalue weighted by Gasteiger charge is 2.23. The molecule has 1 aromatic rings. The lowest BCUT2D eigenvalue weighted by Crippen LogP contribution is -2.41. The molecule has 21 heavy (non-hydrogen) atoms. The first-order valence-electron chi connectivity index (χ1n) is 7.39. The molecule has 5 nitrogen and oxygen atoms in total. The molecule has 1 amide bonds. The van der Waals surface area contributed by atoms with Crippen molar-refractivity contribution in [3.05, 3.63) is 23.8 Å². The van der Waals surface area contributed by atoms with Gasteiger partial charge in [-0.3, -0.25) is 4.79 Å². The molecule has 0 aliphatic heterocycles. The predicted molar refractivity (Wildman–Crippen MR) is 79.4 cm³/mol. The van der Waals surface area contributed by atoms with Crippen LogP contribution in [-0.2, 0) is 11.4 Å². The van der Waals surface area contributed by atoms with Crippen LogP contribution < -0.4 is 14.8 Å². The van der Waals surface area contributed by atoms with Crippen LogP contribution in [0.5, 0.6) is 11.5 Å². The van der Waals surface area contributed by atoms with Crippen LogP contribution in [0.3, 0.4) is 0 Å². The number of nitrogens with one attached hydrogen (secondary N) is 1. The Morgan fingerprint density at radius 3 is 2.76 bits per heavy atom. The molecule has 0 spiro atoms. The molecule has 0 bridgehead atoms. The number of para-hydroxylation sites is 1. The van der Waals surface area contributed by atoms with E-state index in [-0.39, 0.29) is 18.6 Å². The molecular weight excluding hydrogens is 270 g/mol. The van der Waals surface area contributed by atoms with E-state index < -0.39 is 6.10 Å². The Balaban J connectivity index is 2.04. The van der Waals surface area contributed by atoms with Crippen molar-refractivity contribution in [2.45, 2.75) is 51.4 Å². The van der Waals surface area contributed by atoms with E-state index in [0.717, 1.165) is 12.8 Å². The second-order valence-electron chi connectivity index (χ2n) is 5.36. The Labute approximate surface area is 125 Å². The monoisotopic (exact) mass is 293 g/mol. The molecule has 0 aromatic heterocycles. The maximum absolute atomic E-state index is 12.2. The van der Waals surface area contributed by atoms with Gasteiger partial charge in [0.2, 0.25) is 0 Å². The minimum atomic E-state index is -0.632. The van der Waals surface area contributed by atoms with E-state index in [2.05, 4.69) is 5.32 Å². The van der Waals surface area contributed by atoms with Crippen molar-refractivity contribution in [1.82, 2.24) is 5.32 Å². The molecule has 116 valence electrons. The summed E-state index contributed by atoms with van der Waals surface area (Å²) in [6, 6.07) is 5.54. The lowest BCUT2D eigenvalue weighted by atomic mass is 10.2. The molecule has 0 radical (unpaired) electrons. The number of carbonyl (C=O) groups is 1. The zero-order valence-corrected chi connectivity index (χ0v) is 12.6. The number of rotatable bonds is 6. The van der Waals surface area contributed by atoms with Crippen LogP contribution >= 0.6 is 0 Å². The molecule has 1 aromatic carbocycles. The van der Waals surface area contributed by atoms with Crippen molar-refractivity contribution < 1.29 is 19.4 Å². The molecule has 0 saturated heterocycles. The molecule has 1 saturated carbocycles. The van der Waals surface area contributed by atoms with Gasteiger partial charge in [0.15, 0.2) is 17.6 Å². The van der Waals surface area contributed by atoms with Crippen molar-refractivity contribution in [2.24, 2.45) is 0 Å². The summed E-state index contributed by atoms with van der Waals surface area (Å²) in [5.41, 5.74) is 0.606. The van der Waals surface area contributed by atoms with E-state index in [0.29, 0.717) is 17.1 Å². The van der Waals surface area contributed by atoms with Crippen molar-refractivity contribution in [3.8, 4) is 11.5 Å². The van der Waals surface area contributed by atoms with Gasteiger partial charge in [-0.2, -0.15) is 0 Å². The van der Waals surface area contributed by atoms with E-state index in [9.17, 15) is 9.90 Å². The first-order chi connectivity index (χ1) is 10.2. The van der Waals surface area contributed by atoms with E-state index in [4.69, 9.17) is 9.47 Å². The fraction of sp³-hybridized carbons (Fsp3) is 0.562. The van der Waals surface area contributed by atoms with Crippen LogP contribution in [0, 0.1) is 0 Å². The van der Waals surface area contributed by atoms with Gasteiger partial charge < -0.3 is 19.9 Å².